The third kappa shape index (κ3) is 3.76. The van der Waals surface area contributed by atoms with Crippen molar-refractivity contribution in [3.63, 3.8) is 0 Å². The zero-order valence-electron chi connectivity index (χ0n) is 13.6. The summed E-state index contributed by atoms with van der Waals surface area (Å²) >= 11 is 0. The molecule has 0 aliphatic rings. The van der Waals surface area contributed by atoms with Crippen LogP contribution in [0.2, 0.25) is 0 Å². The summed E-state index contributed by atoms with van der Waals surface area (Å²) in [5.74, 6) is 0. The number of nitriles is 1. The van der Waals surface area contributed by atoms with Crippen LogP contribution in [0.1, 0.15) is 16.8 Å². The molecule has 0 bridgehead atoms. The summed E-state index contributed by atoms with van der Waals surface area (Å²) in [6.07, 6.45) is 0.596. The number of carbonyl (C=O) groups is 1. The van der Waals surface area contributed by atoms with Crippen LogP contribution in [0, 0.1) is 11.3 Å². The zero-order valence-corrected chi connectivity index (χ0v) is 13.6. The van der Waals surface area contributed by atoms with Gasteiger partial charge in [0.15, 0.2) is 0 Å². The highest BCUT2D eigenvalue weighted by atomic mass is 16.4. The van der Waals surface area contributed by atoms with Gasteiger partial charge in [-0.1, -0.05) is 24.3 Å². The monoisotopic (exact) mass is 346 g/mol. The maximum absolute atomic E-state index is 12.8. The van der Waals surface area contributed by atoms with Crippen LogP contribution in [0.15, 0.2) is 59.5 Å². The highest BCUT2D eigenvalue weighted by molar-refractivity contribution is 5.82. The van der Waals surface area contributed by atoms with Gasteiger partial charge in [0, 0.05) is 23.9 Å². The molecule has 0 radical (unpaired) electrons. The highest BCUT2D eigenvalue weighted by Gasteiger charge is 2.11. The van der Waals surface area contributed by atoms with E-state index in [1.165, 1.54) is 6.20 Å². The van der Waals surface area contributed by atoms with Crippen molar-refractivity contribution in [3.8, 4) is 17.2 Å². The molecule has 0 saturated heterocycles. The van der Waals surface area contributed by atoms with E-state index in [0.717, 1.165) is 5.56 Å². The van der Waals surface area contributed by atoms with Gasteiger partial charge in [-0.05, 0) is 35.4 Å². The Labute approximate surface area is 148 Å². The number of nitrogens with zero attached hydrogens (tertiary/aromatic N) is 2. The van der Waals surface area contributed by atoms with Crippen LogP contribution in [-0.4, -0.2) is 21.4 Å². The maximum atomic E-state index is 12.8. The zero-order chi connectivity index (χ0) is 18.5. The molecule has 0 atom stereocenters. The third-order valence-corrected chi connectivity index (χ3v) is 3.77. The summed E-state index contributed by atoms with van der Waals surface area (Å²) in [7, 11) is 0. The topological polar surface area (TPSA) is 119 Å². The number of aromatic nitrogens is 2. The van der Waals surface area contributed by atoms with E-state index >= 15 is 0 Å². The number of hydrogen-bond donors (Lipinski definition) is 3. The van der Waals surface area contributed by atoms with Crippen molar-refractivity contribution < 1.29 is 9.90 Å². The number of H-pyrrole nitrogens is 1. The van der Waals surface area contributed by atoms with Gasteiger partial charge >= 0.3 is 6.09 Å². The lowest BCUT2D eigenvalue weighted by atomic mass is 10.0. The number of rotatable bonds is 4. The molecule has 7 nitrogen and oxygen atoms in total. The fourth-order valence-electron chi connectivity index (χ4n) is 2.61. The second-order valence-electron chi connectivity index (χ2n) is 5.57. The standard InChI is InChI=1S/C19H14N4O3/c20-10-13-4-1-5-14(7-13)16-11-21-23-17(18(16)24)9-12-3-2-6-15(8-12)22-19(25)26/h1-8,11,22H,9H2,(H,21,24)(H,25,26). The number of carboxylic acid groups (broad SMARTS) is 1. The van der Waals surface area contributed by atoms with Gasteiger partial charge in [0.05, 0.1) is 11.6 Å². The van der Waals surface area contributed by atoms with Crippen LogP contribution < -0.4 is 10.7 Å². The van der Waals surface area contributed by atoms with Crippen LogP contribution in [0.3, 0.4) is 0 Å². The minimum atomic E-state index is -1.16. The molecule has 0 fully saturated rings. The van der Waals surface area contributed by atoms with Gasteiger partial charge in [0.2, 0.25) is 5.43 Å². The van der Waals surface area contributed by atoms with Crippen LogP contribution in [0.5, 0.6) is 0 Å². The first-order valence-electron chi connectivity index (χ1n) is 7.73. The second-order valence-corrected chi connectivity index (χ2v) is 5.57. The van der Waals surface area contributed by atoms with Gasteiger partial charge < -0.3 is 5.11 Å². The van der Waals surface area contributed by atoms with Crippen molar-refractivity contribution in [1.29, 1.82) is 5.26 Å². The lowest BCUT2D eigenvalue weighted by Crippen LogP contribution is -2.15. The van der Waals surface area contributed by atoms with Gasteiger partial charge in [-0.2, -0.15) is 10.4 Å². The van der Waals surface area contributed by atoms with Crippen LogP contribution in [0.25, 0.3) is 11.1 Å². The summed E-state index contributed by atoms with van der Waals surface area (Å²) < 4.78 is 0. The Morgan fingerprint density at radius 2 is 2.04 bits per heavy atom. The van der Waals surface area contributed by atoms with Crippen molar-refractivity contribution in [1.82, 2.24) is 10.2 Å². The molecule has 7 heteroatoms. The molecule has 3 rings (SSSR count). The van der Waals surface area contributed by atoms with Crippen LogP contribution in [-0.2, 0) is 6.42 Å². The molecule has 3 N–H and O–H groups in total. The fourth-order valence-corrected chi connectivity index (χ4v) is 2.61. The quantitative estimate of drug-likeness (QED) is 0.671. The van der Waals surface area contributed by atoms with Crippen molar-refractivity contribution in [2.24, 2.45) is 0 Å². The molecule has 2 aromatic carbocycles. The molecule has 0 aliphatic carbocycles. The van der Waals surface area contributed by atoms with E-state index in [9.17, 15) is 9.59 Å². The van der Waals surface area contributed by atoms with Gasteiger partial charge in [-0.3, -0.25) is 15.2 Å². The molecule has 1 aromatic heterocycles. The first-order valence-corrected chi connectivity index (χ1v) is 7.73. The second kappa shape index (κ2) is 7.32. The number of amides is 1. The molecule has 26 heavy (non-hydrogen) atoms. The van der Waals surface area contributed by atoms with Gasteiger partial charge in [0.1, 0.15) is 5.69 Å². The predicted octanol–water partition coefficient (Wildman–Crippen LogP) is 2.99. The molecule has 0 spiro atoms. The van der Waals surface area contributed by atoms with E-state index < -0.39 is 6.09 Å². The van der Waals surface area contributed by atoms with Crippen molar-refractivity contribution >= 4 is 11.8 Å². The lowest BCUT2D eigenvalue weighted by molar-refractivity contribution is 0.210. The summed E-state index contributed by atoms with van der Waals surface area (Å²) in [6.45, 7) is 0. The molecule has 1 amide bonds. The Morgan fingerprint density at radius 3 is 2.81 bits per heavy atom. The van der Waals surface area contributed by atoms with Crippen LogP contribution in [0.4, 0.5) is 10.5 Å². The SMILES string of the molecule is N#Cc1cccc(-c2c[nH]nc(Cc3cccc(NC(=O)O)c3)c2=O)c1. The van der Waals surface area contributed by atoms with E-state index in [1.54, 1.807) is 48.5 Å². The number of benzene rings is 2. The van der Waals surface area contributed by atoms with Gasteiger partial charge in [-0.25, -0.2) is 4.79 Å². The molecule has 0 aliphatic heterocycles. The molecular weight excluding hydrogens is 332 g/mol. The Hall–Kier alpha value is -3.92. The highest BCUT2D eigenvalue weighted by Crippen LogP contribution is 2.17. The van der Waals surface area contributed by atoms with Gasteiger partial charge in [0.25, 0.3) is 0 Å². The average Bonchev–Trinajstić information content (AvgIpc) is 2.63. The number of aromatic amines is 1. The molecule has 1 heterocycles. The summed E-state index contributed by atoms with van der Waals surface area (Å²) in [5, 5.41) is 26.9. The first kappa shape index (κ1) is 16.9. The first-order chi connectivity index (χ1) is 12.6. The van der Waals surface area contributed by atoms with Crippen molar-refractivity contribution in [3.05, 3.63) is 81.8 Å². The molecule has 3 aromatic rings. The minimum Gasteiger partial charge on any atom is -0.465 e. The predicted molar refractivity (Wildman–Crippen MR) is 95.9 cm³/mol. The number of hydrogen-bond acceptors (Lipinski definition) is 4. The normalized spacial score (nSPS) is 10.1. The smallest absolute Gasteiger partial charge is 0.409 e. The summed E-state index contributed by atoms with van der Waals surface area (Å²) in [4.78, 5) is 23.5. The molecule has 0 unspecified atom stereocenters. The molecule has 0 saturated carbocycles. The Balaban J connectivity index is 1.94. The average molecular weight is 346 g/mol. The van der Waals surface area contributed by atoms with E-state index in [0.29, 0.717) is 28.1 Å². The van der Waals surface area contributed by atoms with Crippen molar-refractivity contribution in [2.45, 2.75) is 6.42 Å². The lowest BCUT2D eigenvalue weighted by Gasteiger charge is -2.06. The summed E-state index contributed by atoms with van der Waals surface area (Å²) in [6, 6.07) is 15.6. The largest absolute Gasteiger partial charge is 0.465 e. The summed E-state index contributed by atoms with van der Waals surface area (Å²) in [5.41, 5.74) is 2.75. The van der Waals surface area contributed by atoms with E-state index in [1.807, 2.05) is 0 Å². The van der Waals surface area contributed by atoms with E-state index in [4.69, 9.17) is 10.4 Å². The van der Waals surface area contributed by atoms with E-state index in [-0.39, 0.29) is 11.8 Å². The third-order valence-electron chi connectivity index (χ3n) is 3.77. The minimum absolute atomic E-state index is 0.240. The Bertz CT molecular complexity index is 1070. The van der Waals surface area contributed by atoms with Crippen molar-refractivity contribution in [2.75, 3.05) is 5.32 Å². The molecule has 128 valence electrons. The van der Waals surface area contributed by atoms with Crippen LogP contribution >= 0.6 is 0 Å². The number of anilines is 1. The number of nitrogens with one attached hydrogen (secondary N) is 2. The Morgan fingerprint density at radius 1 is 1.23 bits per heavy atom. The molecular formula is C19H14N4O3. The Kier molecular flexibility index (Phi) is 4.76. The van der Waals surface area contributed by atoms with E-state index in [2.05, 4.69) is 21.6 Å². The fraction of sp³-hybridized carbons (Fsp3) is 0.0526. The van der Waals surface area contributed by atoms with Gasteiger partial charge in [-0.15, -0.1) is 0 Å². The maximum Gasteiger partial charge on any atom is 0.409 e.